The van der Waals surface area contributed by atoms with Crippen molar-refractivity contribution in [3.05, 3.63) is 87.9 Å². The van der Waals surface area contributed by atoms with Crippen molar-refractivity contribution in [2.45, 2.75) is 46.9 Å². The number of urea groups is 1. The largest absolute Gasteiger partial charge is 0.490 e. The van der Waals surface area contributed by atoms with Crippen LogP contribution in [0.5, 0.6) is 11.5 Å². The number of hydrazone groups is 1. The molecular formula is C31H37N5O6. The molecule has 2 aromatic carbocycles. The molecule has 0 fully saturated rings. The maximum absolute atomic E-state index is 12.4. The van der Waals surface area contributed by atoms with Crippen LogP contribution in [0.4, 0.5) is 4.79 Å². The number of esters is 1. The molecule has 2 heterocycles. The van der Waals surface area contributed by atoms with Crippen molar-refractivity contribution in [2.24, 2.45) is 5.10 Å². The van der Waals surface area contributed by atoms with E-state index in [0.717, 1.165) is 22.6 Å². The Balaban J connectivity index is 1.44. The van der Waals surface area contributed by atoms with Gasteiger partial charge in [0.2, 0.25) is 0 Å². The molecule has 42 heavy (non-hydrogen) atoms. The lowest BCUT2D eigenvalue weighted by molar-refractivity contribution is -0.136. The summed E-state index contributed by atoms with van der Waals surface area (Å²) < 4.78 is 18.7. The van der Waals surface area contributed by atoms with Crippen molar-refractivity contribution >= 4 is 18.2 Å². The summed E-state index contributed by atoms with van der Waals surface area (Å²) in [5.74, 6) is 0.215. The molecule has 4 rings (SSSR count). The third-order valence-electron chi connectivity index (χ3n) is 6.93. The topological polar surface area (TPSA) is 135 Å². The minimum atomic E-state index is -1.10. The van der Waals surface area contributed by atoms with E-state index in [2.05, 4.69) is 44.8 Å². The van der Waals surface area contributed by atoms with Gasteiger partial charge in [-0.05, 0) is 70.0 Å². The van der Waals surface area contributed by atoms with Gasteiger partial charge in [0.15, 0.2) is 17.7 Å². The summed E-state index contributed by atoms with van der Waals surface area (Å²) in [7, 11) is 1.28. The first-order valence-electron chi connectivity index (χ1n) is 13.6. The molecule has 11 heteroatoms. The lowest BCUT2D eigenvalue weighted by Crippen LogP contribution is -2.45. The first kappa shape index (κ1) is 30.2. The number of ether oxygens (including phenoxy) is 3. The van der Waals surface area contributed by atoms with Crippen LogP contribution >= 0.6 is 0 Å². The third kappa shape index (κ3) is 6.58. The van der Waals surface area contributed by atoms with E-state index in [1.807, 2.05) is 39.0 Å². The van der Waals surface area contributed by atoms with Gasteiger partial charge in [-0.25, -0.2) is 9.59 Å². The highest BCUT2D eigenvalue weighted by Crippen LogP contribution is 2.35. The normalized spacial score (nSPS) is 15.7. The van der Waals surface area contributed by atoms with Gasteiger partial charge in [-0.3, -0.25) is 5.43 Å². The maximum atomic E-state index is 12.4. The number of nitrogens with one attached hydrogen (secondary N) is 3. The molecule has 11 nitrogen and oxygen atoms in total. The Morgan fingerprint density at radius 3 is 2.60 bits per heavy atom. The second kappa shape index (κ2) is 13.3. The van der Waals surface area contributed by atoms with Crippen LogP contribution in [0.25, 0.3) is 5.69 Å². The van der Waals surface area contributed by atoms with E-state index in [1.54, 1.807) is 31.3 Å². The number of carbonyl (C=O) groups is 2. The molecule has 3 aromatic rings. The van der Waals surface area contributed by atoms with E-state index in [1.165, 1.54) is 12.7 Å². The number of aliphatic hydroxyl groups is 1. The highest BCUT2D eigenvalue weighted by Gasteiger charge is 2.32. The lowest BCUT2D eigenvalue weighted by Gasteiger charge is -2.28. The number of carbonyl (C=O) groups excluding carboxylic acids is 2. The van der Waals surface area contributed by atoms with Crippen molar-refractivity contribution < 1.29 is 28.9 Å². The standard InChI is InChI=1S/C31H37N5O6/c1-7-41-26-15-22(29-28(30(38)40-6)20(4)33-31(39)34-29)12-13-25(26)42-17-27(37)35-32-16-23-14-19(3)36(21(23)5)24-11-9-8-10-18(24)2/h8-16,27,29,35,37H,7,17H2,1-6H3,(H2,33,34,39)/b32-16-/t27-,29+/m0/s1. The number of nitrogens with zero attached hydrogens (tertiary/aromatic N) is 2. The zero-order valence-electron chi connectivity index (χ0n) is 24.6. The summed E-state index contributed by atoms with van der Waals surface area (Å²) in [5.41, 5.74) is 9.30. The van der Waals surface area contributed by atoms with Gasteiger partial charge in [0.05, 0.1) is 31.5 Å². The number of aryl methyl sites for hydroxylation is 2. The number of benzene rings is 2. The molecule has 0 aliphatic carbocycles. The fourth-order valence-corrected chi connectivity index (χ4v) is 4.92. The van der Waals surface area contributed by atoms with Crippen LogP contribution in [0.15, 0.2) is 64.9 Å². The van der Waals surface area contributed by atoms with Gasteiger partial charge in [-0.15, -0.1) is 0 Å². The number of aliphatic hydroxyl groups excluding tert-OH is 1. The fourth-order valence-electron chi connectivity index (χ4n) is 4.92. The summed E-state index contributed by atoms with van der Waals surface area (Å²) in [6.45, 7) is 9.85. The number of rotatable bonds is 11. The smallest absolute Gasteiger partial charge is 0.337 e. The van der Waals surface area contributed by atoms with Gasteiger partial charge >= 0.3 is 12.0 Å². The van der Waals surface area contributed by atoms with Crippen molar-refractivity contribution in [1.82, 2.24) is 20.6 Å². The molecule has 0 bridgehead atoms. The lowest BCUT2D eigenvalue weighted by atomic mass is 9.95. The van der Waals surface area contributed by atoms with Gasteiger partial charge in [0, 0.05) is 28.3 Å². The Labute approximate surface area is 245 Å². The highest BCUT2D eigenvalue weighted by atomic mass is 16.5. The van der Waals surface area contributed by atoms with Gasteiger partial charge < -0.3 is 34.5 Å². The zero-order valence-corrected chi connectivity index (χ0v) is 24.6. The molecule has 0 saturated carbocycles. The molecule has 1 aliphatic rings. The molecule has 0 spiro atoms. The molecule has 1 aromatic heterocycles. The predicted octanol–water partition coefficient (Wildman–Crippen LogP) is 3.92. The first-order valence-corrected chi connectivity index (χ1v) is 13.6. The van der Waals surface area contributed by atoms with Crippen LogP contribution in [-0.2, 0) is 9.53 Å². The van der Waals surface area contributed by atoms with Crippen LogP contribution in [0.3, 0.4) is 0 Å². The van der Waals surface area contributed by atoms with E-state index in [4.69, 9.17) is 14.2 Å². The third-order valence-corrected chi connectivity index (χ3v) is 6.93. The summed E-state index contributed by atoms with van der Waals surface area (Å²) >= 11 is 0. The molecule has 222 valence electrons. The minimum Gasteiger partial charge on any atom is -0.490 e. The van der Waals surface area contributed by atoms with Gasteiger partial charge in [0.1, 0.15) is 6.61 Å². The van der Waals surface area contributed by atoms with Crippen molar-refractivity contribution in [1.29, 1.82) is 0 Å². The molecule has 0 radical (unpaired) electrons. The number of para-hydroxylation sites is 1. The Kier molecular flexibility index (Phi) is 9.53. The molecule has 1 aliphatic heterocycles. The molecule has 2 amide bonds. The molecule has 4 N–H and O–H groups in total. The van der Waals surface area contributed by atoms with E-state index >= 15 is 0 Å². The monoisotopic (exact) mass is 575 g/mol. The quantitative estimate of drug-likeness (QED) is 0.118. The Bertz CT molecular complexity index is 1530. The van der Waals surface area contributed by atoms with E-state index < -0.39 is 24.3 Å². The first-order chi connectivity index (χ1) is 20.1. The summed E-state index contributed by atoms with van der Waals surface area (Å²) in [6.07, 6.45) is 0.568. The average Bonchev–Trinajstić information content (AvgIpc) is 3.24. The number of methoxy groups -OCH3 is 1. The van der Waals surface area contributed by atoms with Gasteiger partial charge in [-0.1, -0.05) is 24.3 Å². The van der Waals surface area contributed by atoms with Crippen LogP contribution in [0.2, 0.25) is 0 Å². The molecule has 2 atom stereocenters. The molecular weight excluding hydrogens is 538 g/mol. The van der Waals surface area contributed by atoms with Gasteiger partial charge in [0.25, 0.3) is 0 Å². The predicted molar refractivity (Wildman–Crippen MR) is 159 cm³/mol. The number of allylic oxidation sites excluding steroid dienone is 1. The Morgan fingerprint density at radius 1 is 1.12 bits per heavy atom. The van der Waals surface area contributed by atoms with E-state index in [0.29, 0.717) is 29.4 Å². The van der Waals surface area contributed by atoms with Crippen LogP contribution in [0.1, 0.15) is 48.0 Å². The van der Waals surface area contributed by atoms with Gasteiger partial charge in [-0.2, -0.15) is 5.10 Å². The van der Waals surface area contributed by atoms with Crippen LogP contribution in [-0.4, -0.2) is 54.4 Å². The second-order valence-electron chi connectivity index (χ2n) is 9.86. The van der Waals surface area contributed by atoms with E-state index in [9.17, 15) is 14.7 Å². The molecule has 0 saturated heterocycles. The highest BCUT2D eigenvalue weighted by molar-refractivity contribution is 5.95. The number of hydrogen-bond donors (Lipinski definition) is 4. The zero-order chi connectivity index (χ0) is 30.4. The van der Waals surface area contributed by atoms with Crippen molar-refractivity contribution in [3.63, 3.8) is 0 Å². The van der Waals surface area contributed by atoms with E-state index in [-0.39, 0.29) is 12.2 Å². The van der Waals surface area contributed by atoms with Crippen LogP contribution < -0.4 is 25.5 Å². The number of amides is 2. The SMILES string of the molecule is CCOc1cc([C@H]2NC(=O)NC(C)=C2C(=O)OC)ccc1OC[C@H](O)N/N=C\c1cc(C)n(-c2ccccc2C)c1C. The maximum Gasteiger partial charge on any atom is 0.337 e. The minimum absolute atomic E-state index is 0.116. The van der Waals surface area contributed by atoms with Crippen molar-refractivity contribution in [3.8, 4) is 17.2 Å². The summed E-state index contributed by atoms with van der Waals surface area (Å²) in [4.78, 5) is 24.6. The molecule has 0 unspecified atom stereocenters. The van der Waals surface area contributed by atoms with Crippen LogP contribution in [0, 0.1) is 20.8 Å². The Hall–Kier alpha value is -4.77. The number of aromatic nitrogens is 1. The average molecular weight is 576 g/mol. The number of hydrogen-bond acceptors (Lipinski definition) is 8. The Morgan fingerprint density at radius 2 is 1.88 bits per heavy atom. The van der Waals surface area contributed by atoms with Crippen molar-refractivity contribution in [2.75, 3.05) is 20.3 Å². The second-order valence-corrected chi connectivity index (χ2v) is 9.86. The fraction of sp³-hybridized carbons (Fsp3) is 0.323. The summed E-state index contributed by atoms with van der Waals surface area (Å²) in [6, 6.07) is 14.1. The summed E-state index contributed by atoms with van der Waals surface area (Å²) in [5, 5.41) is 20.1.